The topological polar surface area (TPSA) is 39.1 Å². The molecule has 1 aliphatic heterocycles. The van der Waals surface area contributed by atoms with Crippen LogP contribution in [0.15, 0.2) is 12.4 Å². The van der Waals surface area contributed by atoms with Gasteiger partial charge in [-0.1, -0.05) is 0 Å². The first-order valence-electron chi connectivity index (χ1n) is 6.41. The minimum absolute atomic E-state index is 0.0664. The molecule has 1 aromatic rings. The molecule has 0 spiro atoms. The Bertz CT molecular complexity index is 348. The van der Waals surface area contributed by atoms with Crippen LogP contribution < -0.4 is 5.32 Å². The van der Waals surface area contributed by atoms with Crippen molar-refractivity contribution in [1.29, 1.82) is 0 Å². The van der Waals surface area contributed by atoms with E-state index in [2.05, 4.69) is 37.4 Å². The molecular formula is C13H23N3O. The molecule has 17 heavy (non-hydrogen) atoms. The van der Waals surface area contributed by atoms with Crippen molar-refractivity contribution in [3.63, 3.8) is 0 Å². The van der Waals surface area contributed by atoms with Gasteiger partial charge in [0.1, 0.15) is 0 Å². The number of rotatable bonds is 3. The van der Waals surface area contributed by atoms with Crippen LogP contribution in [0.2, 0.25) is 0 Å². The van der Waals surface area contributed by atoms with Gasteiger partial charge in [0.15, 0.2) is 0 Å². The Morgan fingerprint density at radius 2 is 2.12 bits per heavy atom. The quantitative estimate of drug-likeness (QED) is 0.873. The highest BCUT2D eigenvalue weighted by Gasteiger charge is 2.15. The Morgan fingerprint density at radius 3 is 2.71 bits per heavy atom. The van der Waals surface area contributed by atoms with Crippen LogP contribution in [0.1, 0.15) is 39.2 Å². The standard InChI is InChI=1S/C13H23N3O/c1-13(2,3)16-10-11(9-15-16)8-14-12-4-6-17-7-5-12/h9-10,12,14H,4-8H2,1-3H3. The third kappa shape index (κ3) is 3.54. The number of aromatic nitrogens is 2. The molecule has 0 bridgehead atoms. The van der Waals surface area contributed by atoms with Crippen LogP contribution in [-0.2, 0) is 16.8 Å². The lowest BCUT2D eigenvalue weighted by molar-refractivity contribution is 0.0776. The maximum absolute atomic E-state index is 5.34. The lowest BCUT2D eigenvalue weighted by Crippen LogP contribution is -2.34. The van der Waals surface area contributed by atoms with Gasteiger partial charge in [-0.3, -0.25) is 4.68 Å². The maximum Gasteiger partial charge on any atom is 0.0543 e. The SMILES string of the molecule is CC(C)(C)n1cc(CNC2CCOCC2)cn1. The third-order valence-electron chi connectivity index (χ3n) is 3.14. The zero-order valence-electron chi connectivity index (χ0n) is 11.1. The average Bonchev–Trinajstić information content (AvgIpc) is 2.76. The van der Waals surface area contributed by atoms with Crippen LogP contribution in [0.4, 0.5) is 0 Å². The molecule has 0 atom stereocenters. The predicted octanol–water partition coefficient (Wildman–Crippen LogP) is 1.91. The summed E-state index contributed by atoms with van der Waals surface area (Å²) < 4.78 is 7.37. The number of ether oxygens (including phenoxy) is 1. The molecule has 0 aliphatic carbocycles. The van der Waals surface area contributed by atoms with Crippen molar-refractivity contribution in [1.82, 2.24) is 15.1 Å². The van der Waals surface area contributed by atoms with E-state index in [9.17, 15) is 0 Å². The predicted molar refractivity (Wildman–Crippen MR) is 67.9 cm³/mol. The lowest BCUT2D eigenvalue weighted by Gasteiger charge is -2.23. The first-order chi connectivity index (χ1) is 8.05. The van der Waals surface area contributed by atoms with Gasteiger partial charge in [0.05, 0.1) is 11.7 Å². The second kappa shape index (κ2) is 5.19. The Labute approximate surface area is 103 Å². The van der Waals surface area contributed by atoms with Crippen LogP contribution in [0.3, 0.4) is 0 Å². The summed E-state index contributed by atoms with van der Waals surface area (Å²) in [6.07, 6.45) is 6.32. The van der Waals surface area contributed by atoms with Gasteiger partial charge < -0.3 is 10.1 Å². The molecule has 1 aliphatic rings. The second-order valence-corrected chi connectivity index (χ2v) is 5.73. The normalized spacial score (nSPS) is 18.5. The molecule has 2 heterocycles. The Balaban J connectivity index is 1.84. The van der Waals surface area contributed by atoms with Gasteiger partial charge in [-0.05, 0) is 33.6 Å². The van der Waals surface area contributed by atoms with Crippen molar-refractivity contribution in [2.45, 2.75) is 51.7 Å². The van der Waals surface area contributed by atoms with Crippen molar-refractivity contribution >= 4 is 0 Å². The summed E-state index contributed by atoms with van der Waals surface area (Å²) in [5.74, 6) is 0. The van der Waals surface area contributed by atoms with Gasteiger partial charge in [0.2, 0.25) is 0 Å². The van der Waals surface area contributed by atoms with Gasteiger partial charge in [-0.2, -0.15) is 5.10 Å². The fraction of sp³-hybridized carbons (Fsp3) is 0.769. The molecule has 1 aromatic heterocycles. The minimum Gasteiger partial charge on any atom is -0.381 e. The smallest absolute Gasteiger partial charge is 0.0543 e. The van der Waals surface area contributed by atoms with Crippen LogP contribution in [-0.4, -0.2) is 29.0 Å². The summed E-state index contributed by atoms with van der Waals surface area (Å²) in [4.78, 5) is 0. The molecule has 1 saturated heterocycles. The fourth-order valence-electron chi connectivity index (χ4n) is 1.98. The van der Waals surface area contributed by atoms with E-state index in [4.69, 9.17) is 4.74 Å². The molecule has 2 rings (SSSR count). The molecule has 0 saturated carbocycles. The van der Waals surface area contributed by atoms with Crippen molar-refractivity contribution in [2.24, 2.45) is 0 Å². The molecule has 0 radical (unpaired) electrons. The van der Waals surface area contributed by atoms with Gasteiger partial charge in [-0.25, -0.2) is 0 Å². The summed E-state index contributed by atoms with van der Waals surface area (Å²) in [5.41, 5.74) is 1.32. The van der Waals surface area contributed by atoms with E-state index in [0.717, 1.165) is 32.6 Å². The van der Waals surface area contributed by atoms with Crippen LogP contribution in [0.5, 0.6) is 0 Å². The summed E-state index contributed by atoms with van der Waals surface area (Å²) in [5, 5.41) is 7.97. The summed E-state index contributed by atoms with van der Waals surface area (Å²) in [6, 6.07) is 0.599. The van der Waals surface area contributed by atoms with Crippen molar-refractivity contribution in [3.05, 3.63) is 18.0 Å². The minimum atomic E-state index is 0.0664. The molecular weight excluding hydrogens is 214 g/mol. The third-order valence-corrected chi connectivity index (χ3v) is 3.14. The second-order valence-electron chi connectivity index (χ2n) is 5.73. The molecule has 0 unspecified atom stereocenters. The van der Waals surface area contributed by atoms with E-state index in [-0.39, 0.29) is 5.54 Å². The van der Waals surface area contributed by atoms with Crippen molar-refractivity contribution < 1.29 is 4.74 Å². The molecule has 1 fully saturated rings. The van der Waals surface area contributed by atoms with Crippen LogP contribution in [0, 0.1) is 0 Å². The first kappa shape index (κ1) is 12.6. The Hall–Kier alpha value is -0.870. The highest BCUT2D eigenvalue weighted by atomic mass is 16.5. The van der Waals surface area contributed by atoms with E-state index in [0.29, 0.717) is 6.04 Å². The molecule has 96 valence electrons. The van der Waals surface area contributed by atoms with E-state index in [1.807, 2.05) is 10.9 Å². The first-order valence-corrected chi connectivity index (χ1v) is 6.41. The molecule has 1 N–H and O–H groups in total. The summed E-state index contributed by atoms with van der Waals surface area (Å²) in [6.45, 7) is 9.17. The van der Waals surface area contributed by atoms with Crippen LogP contribution >= 0.6 is 0 Å². The van der Waals surface area contributed by atoms with Crippen LogP contribution in [0.25, 0.3) is 0 Å². The Kier molecular flexibility index (Phi) is 3.84. The number of nitrogens with zero attached hydrogens (tertiary/aromatic N) is 2. The fourth-order valence-corrected chi connectivity index (χ4v) is 1.98. The molecule has 4 heteroatoms. The van der Waals surface area contributed by atoms with Crippen molar-refractivity contribution in [2.75, 3.05) is 13.2 Å². The molecule has 0 aromatic carbocycles. The zero-order chi connectivity index (χ0) is 12.3. The number of hydrogen-bond acceptors (Lipinski definition) is 3. The molecule has 4 nitrogen and oxygen atoms in total. The molecule has 0 amide bonds. The number of nitrogens with one attached hydrogen (secondary N) is 1. The van der Waals surface area contributed by atoms with E-state index in [1.54, 1.807) is 0 Å². The zero-order valence-corrected chi connectivity index (χ0v) is 11.1. The van der Waals surface area contributed by atoms with Gasteiger partial charge >= 0.3 is 0 Å². The monoisotopic (exact) mass is 237 g/mol. The van der Waals surface area contributed by atoms with Gasteiger partial charge in [0.25, 0.3) is 0 Å². The van der Waals surface area contributed by atoms with Gasteiger partial charge in [0, 0.05) is 37.6 Å². The average molecular weight is 237 g/mol. The maximum atomic E-state index is 5.34. The lowest BCUT2D eigenvalue weighted by atomic mass is 10.1. The van der Waals surface area contributed by atoms with Crippen molar-refractivity contribution in [3.8, 4) is 0 Å². The highest BCUT2D eigenvalue weighted by molar-refractivity contribution is 5.05. The summed E-state index contributed by atoms with van der Waals surface area (Å²) >= 11 is 0. The van der Waals surface area contributed by atoms with E-state index < -0.39 is 0 Å². The number of hydrogen-bond donors (Lipinski definition) is 1. The summed E-state index contributed by atoms with van der Waals surface area (Å²) in [7, 11) is 0. The van der Waals surface area contributed by atoms with E-state index in [1.165, 1.54) is 5.56 Å². The Morgan fingerprint density at radius 1 is 1.41 bits per heavy atom. The highest BCUT2D eigenvalue weighted by Crippen LogP contribution is 2.13. The largest absolute Gasteiger partial charge is 0.381 e. The van der Waals surface area contributed by atoms with E-state index >= 15 is 0 Å². The van der Waals surface area contributed by atoms with Gasteiger partial charge in [-0.15, -0.1) is 0 Å².